The average Bonchev–Trinajstić information content (AvgIpc) is 2.27. The number of benzene rings is 1. The molecule has 1 unspecified atom stereocenters. The minimum atomic E-state index is -3.90. The SMILES string of the molecule is COc1cc(N)ccc1S(=O)(=O)NC(C)C(N)=O. The Bertz CT molecular complexity index is 556. The topological polar surface area (TPSA) is 125 Å². The predicted molar refractivity (Wildman–Crippen MR) is 66.4 cm³/mol. The lowest BCUT2D eigenvalue weighted by atomic mass is 10.3. The number of sulfonamides is 1. The third-order valence-electron chi connectivity index (χ3n) is 2.24. The van der Waals surface area contributed by atoms with E-state index >= 15 is 0 Å². The number of carbonyl (C=O) groups excluding carboxylic acids is 1. The lowest BCUT2D eigenvalue weighted by Gasteiger charge is -2.13. The van der Waals surface area contributed by atoms with Crippen LogP contribution in [0.1, 0.15) is 6.92 Å². The van der Waals surface area contributed by atoms with Crippen LogP contribution in [0.5, 0.6) is 5.75 Å². The maximum Gasteiger partial charge on any atom is 0.244 e. The van der Waals surface area contributed by atoms with E-state index in [0.29, 0.717) is 5.69 Å². The van der Waals surface area contributed by atoms with Crippen LogP contribution in [0.15, 0.2) is 23.1 Å². The molecule has 0 aliphatic rings. The predicted octanol–water partition coefficient (Wildman–Crippen LogP) is -0.570. The Morgan fingerprint density at radius 2 is 2.06 bits per heavy atom. The Labute approximate surface area is 105 Å². The number of methoxy groups -OCH3 is 1. The molecule has 100 valence electrons. The first kappa shape index (κ1) is 14.3. The first-order chi connectivity index (χ1) is 8.27. The van der Waals surface area contributed by atoms with Crippen molar-refractivity contribution in [2.24, 2.45) is 5.73 Å². The molecule has 18 heavy (non-hydrogen) atoms. The molecule has 0 aliphatic heterocycles. The van der Waals surface area contributed by atoms with Gasteiger partial charge in [0.25, 0.3) is 0 Å². The Morgan fingerprint density at radius 1 is 1.44 bits per heavy atom. The summed E-state index contributed by atoms with van der Waals surface area (Å²) in [4.78, 5) is 10.8. The van der Waals surface area contributed by atoms with Gasteiger partial charge in [-0.25, -0.2) is 8.42 Å². The van der Waals surface area contributed by atoms with E-state index in [0.717, 1.165) is 0 Å². The smallest absolute Gasteiger partial charge is 0.244 e. The zero-order chi connectivity index (χ0) is 13.9. The summed E-state index contributed by atoms with van der Waals surface area (Å²) in [5.74, 6) is -0.674. The largest absolute Gasteiger partial charge is 0.495 e. The standard InChI is InChI=1S/C10H15N3O4S/c1-6(10(12)14)13-18(15,16)9-4-3-7(11)5-8(9)17-2/h3-6,13H,11H2,1-2H3,(H2,12,14). The van der Waals surface area contributed by atoms with E-state index in [-0.39, 0.29) is 10.6 Å². The average molecular weight is 273 g/mol. The molecule has 1 aromatic carbocycles. The molecule has 0 spiro atoms. The molecule has 0 bridgehead atoms. The fourth-order valence-corrected chi connectivity index (χ4v) is 2.62. The van der Waals surface area contributed by atoms with Crippen LogP contribution < -0.4 is 20.9 Å². The molecule has 0 heterocycles. The fourth-order valence-electron chi connectivity index (χ4n) is 1.26. The Kier molecular flexibility index (Phi) is 4.15. The highest BCUT2D eigenvalue weighted by Crippen LogP contribution is 2.25. The van der Waals surface area contributed by atoms with Crippen LogP contribution in [0.3, 0.4) is 0 Å². The summed E-state index contributed by atoms with van der Waals surface area (Å²) < 4.78 is 31.1. The molecule has 0 saturated heterocycles. The zero-order valence-corrected chi connectivity index (χ0v) is 10.8. The minimum absolute atomic E-state index is 0.0965. The second-order valence-corrected chi connectivity index (χ2v) is 5.34. The Hall–Kier alpha value is -1.80. The number of hydrogen-bond acceptors (Lipinski definition) is 5. The van der Waals surface area contributed by atoms with Crippen LogP contribution in [0.25, 0.3) is 0 Å². The summed E-state index contributed by atoms with van der Waals surface area (Å²) in [5.41, 5.74) is 10.9. The van der Waals surface area contributed by atoms with Crippen molar-refractivity contribution in [2.75, 3.05) is 12.8 Å². The van der Waals surface area contributed by atoms with Gasteiger partial charge in [-0.1, -0.05) is 0 Å². The van der Waals surface area contributed by atoms with Gasteiger partial charge in [0.05, 0.1) is 13.2 Å². The summed E-state index contributed by atoms with van der Waals surface area (Å²) >= 11 is 0. The van der Waals surface area contributed by atoms with Crippen molar-refractivity contribution in [3.8, 4) is 5.75 Å². The Balaban J connectivity index is 3.16. The van der Waals surface area contributed by atoms with Gasteiger partial charge in [-0.3, -0.25) is 4.79 Å². The summed E-state index contributed by atoms with van der Waals surface area (Å²) in [6, 6.07) is 3.08. The normalized spacial score (nSPS) is 13.0. The van der Waals surface area contributed by atoms with Gasteiger partial charge >= 0.3 is 0 Å². The third-order valence-corrected chi connectivity index (χ3v) is 3.82. The lowest BCUT2D eigenvalue weighted by molar-refractivity contribution is -0.119. The van der Waals surface area contributed by atoms with E-state index in [4.69, 9.17) is 16.2 Å². The number of nitrogens with two attached hydrogens (primary N) is 2. The number of primary amides is 1. The highest BCUT2D eigenvalue weighted by molar-refractivity contribution is 7.89. The van der Waals surface area contributed by atoms with Crippen molar-refractivity contribution in [2.45, 2.75) is 17.9 Å². The number of nitrogens with one attached hydrogen (secondary N) is 1. The number of rotatable bonds is 5. The molecular formula is C10H15N3O4S. The first-order valence-electron chi connectivity index (χ1n) is 5.03. The van der Waals surface area contributed by atoms with E-state index in [1.165, 1.54) is 32.2 Å². The quantitative estimate of drug-likeness (QED) is 0.619. The summed E-state index contributed by atoms with van der Waals surface area (Å²) in [6.45, 7) is 1.35. The van der Waals surface area contributed by atoms with Crippen LogP contribution in [-0.4, -0.2) is 27.5 Å². The lowest BCUT2D eigenvalue weighted by Crippen LogP contribution is -2.42. The van der Waals surface area contributed by atoms with Gasteiger partial charge in [0.1, 0.15) is 10.6 Å². The number of amides is 1. The van der Waals surface area contributed by atoms with Crippen LogP contribution >= 0.6 is 0 Å². The molecule has 5 N–H and O–H groups in total. The van der Waals surface area contributed by atoms with Crippen LogP contribution in [0.4, 0.5) is 5.69 Å². The van der Waals surface area contributed by atoms with E-state index in [1.54, 1.807) is 0 Å². The molecule has 0 fully saturated rings. The van der Waals surface area contributed by atoms with Gasteiger partial charge in [-0.15, -0.1) is 0 Å². The van der Waals surface area contributed by atoms with E-state index in [2.05, 4.69) is 4.72 Å². The van der Waals surface area contributed by atoms with Gasteiger partial charge in [-0.2, -0.15) is 4.72 Å². The molecule has 8 heteroatoms. The van der Waals surface area contributed by atoms with Gasteiger partial charge in [-0.05, 0) is 19.1 Å². The number of ether oxygens (including phenoxy) is 1. The molecule has 0 saturated carbocycles. The van der Waals surface area contributed by atoms with Gasteiger partial charge < -0.3 is 16.2 Å². The molecule has 1 amide bonds. The van der Waals surface area contributed by atoms with Crippen LogP contribution in [0.2, 0.25) is 0 Å². The fraction of sp³-hybridized carbons (Fsp3) is 0.300. The molecule has 1 rings (SSSR count). The summed E-state index contributed by atoms with van der Waals surface area (Å²) in [6.07, 6.45) is 0. The van der Waals surface area contributed by atoms with E-state index in [9.17, 15) is 13.2 Å². The second kappa shape index (κ2) is 5.23. The first-order valence-corrected chi connectivity index (χ1v) is 6.51. The van der Waals surface area contributed by atoms with E-state index < -0.39 is 22.0 Å². The van der Waals surface area contributed by atoms with Crippen molar-refractivity contribution >= 4 is 21.6 Å². The molecular weight excluding hydrogens is 258 g/mol. The number of nitrogen functional groups attached to an aromatic ring is 1. The molecule has 7 nitrogen and oxygen atoms in total. The van der Waals surface area contributed by atoms with Crippen molar-refractivity contribution in [3.05, 3.63) is 18.2 Å². The maximum atomic E-state index is 12.0. The summed E-state index contributed by atoms with van der Waals surface area (Å²) in [7, 11) is -2.57. The van der Waals surface area contributed by atoms with Gasteiger partial charge in [0.15, 0.2) is 0 Å². The number of hydrogen-bond donors (Lipinski definition) is 3. The number of carbonyl (C=O) groups is 1. The van der Waals surface area contributed by atoms with Crippen molar-refractivity contribution in [1.82, 2.24) is 4.72 Å². The molecule has 0 aliphatic carbocycles. The highest BCUT2D eigenvalue weighted by Gasteiger charge is 2.23. The number of anilines is 1. The van der Waals surface area contributed by atoms with E-state index in [1.807, 2.05) is 0 Å². The van der Waals surface area contributed by atoms with Crippen LogP contribution in [0, 0.1) is 0 Å². The van der Waals surface area contributed by atoms with Crippen molar-refractivity contribution in [1.29, 1.82) is 0 Å². The van der Waals surface area contributed by atoms with Crippen molar-refractivity contribution in [3.63, 3.8) is 0 Å². The van der Waals surface area contributed by atoms with Gasteiger partial charge in [0, 0.05) is 11.8 Å². The zero-order valence-electron chi connectivity index (χ0n) is 10.0. The molecule has 1 atom stereocenters. The van der Waals surface area contributed by atoms with Gasteiger partial charge in [0.2, 0.25) is 15.9 Å². The summed E-state index contributed by atoms with van der Waals surface area (Å²) in [5, 5.41) is 0. The van der Waals surface area contributed by atoms with Crippen molar-refractivity contribution < 1.29 is 17.9 Å². The highest BCUT2D eigenvalue weighted by atomic mass is 32.2. The Morgan fingerprint density at radius 3 is 2.56 bits per heavy atom. The molecule has 0 aromatic heterocycles. The molecule has 1 aromatic rings. The monoisotopic (exact) mass is 273 g/mol. The van der Waals surface area contributed by atoms with Crippen LogP contribution in [-0.2, 0) is 14.8 Å². The third kappa shape index (κ3) is 3.11. The second-order valence-electron chi connectivity index (χ2n) is 3.66. The minimum Gasteiger partial charge on any atom is -0.495 e. The molecule has 0 radical (unpaired) electrons. The maximum absolute atomic E-state index is 12.0.